The summed E-state index contributed by atoms with van der Waals surface area (Å²) in [7, 11) is -0.420. The van der Waals surface area contributed by atoms with Crippen LogP contribution >= 0.6 is 0 Å². The molecule has 0 saturated carbocycles. The maximum Gasteiger partial charge on any atom is 0.242 e. The molecule has 0 aliphatic heterocycles. The van der Waals surface area contributed by atoms with Gasteiger partial charge >= 0.3 is 0 Å². The van der Waals surface area contributed by atoms with E-state index < -0.39 is 10.0 Å². The molecule has 0 spiro atoms. The first kappa shape index (κ1) is 13.0. The molecule has 16 heavy (non-hydrogen) atoms. The van der Waals surface area contributed by atoms with E-state index in [-0.39, 0.29) is 4.90 Å². The fraction of sp³-hybridized carbons (Fsp3) is 0.400. The molecule has 0 bridgehead atoms. The van der Waals surface area contributed by atoms with E-state index >= 15 is 0 Å². The zero-order valence-electron chi connectivity index (χ0n) is 9.38. The van der Waals surface area contributed by atoms with Crippen molar-refractivity contribution in [1.82, 2.24) is 4.31 Å². The predicted octanol–water partition coefficient (Wildman–Crippen LogP) is 0.536. The number of likely N-dealkylation sites (N-methyl/N-ethyl adjacent to an activating group) is 1. The molecular weight excluding hydrogens is 228 g/mol. The van der Waals surface area contributed by atoms with Crippen LogP contribution in [0, 0.1) is 0 Å². The van der Waals surface area contributed by atoms with Crippen molar-refractivity contribution < 1.29 is 13.2 Å². The molecule has 0 amide bonds. The van der Waals surface area contributed by atoms with E-state index in [0.717, 1.165) is 0 Å². The van der Waals surface area contributed by atoms with Crippen molar-refractivity contribution >= 4 is 15.7 Å². The first-order chi connectivity index (χ1) is 7.48. The second-order valence-electron chi connectivity index (χ2n) is 3.39. The van der Waals surface area contributed by atoms with Crippen LogP contribution in [-0.4, -0.2) is 40.0 Å². The van der Waals surface area contributed by atoms with E-state index in [4.69, 9.17) is 10.5 Å². The van der Waals surface area contributed by atoms with Crippen molar-refractivity contribution in [3.05, 3.63) is 24.3 Å². The van der Waals surface area contributed by atoms with E-state index in [1.807, 2.05) is 0 Å². The number of benzene rings is 1. The molecule has 5 nitrogen and oxygen atoms in total. The normalized spacial score (nSPS) is 11.9. The largest absolute Gasteiger partial charge is 0.399 e. The Morgan fingerprint density at radius 3 is 2.69 bits per heavy atom. The molecule has 0 aliphatic carbocycles. The van der Waals surface area contributed by atoms with Crippen LogP contribution in [0.15, 0.2) is 29.2 Å². The molecule has 1 aromatic rings. The molecule has 0 radical (unpaired) electrons. The van der Waals surface area contributed by atoms with E-state index in [9.17, 15) is 8.42 Å². The van der Waals surface area contributed by atoms with Gasteiger partial charge in [-0.3, -0.25) is 0 Å². The van der Waals surface area contributed by atoms with E-state index in [0.29, 0.717) is 18.8 Å². The fourth-order valence-corrected chi connectivity index (χ4v) is 2.41. The summed E-state index contributed by atoms with van der Waals surface area (Å²) >= 11 is 0. The fourth-order valence-electron chi connectivity index (χ4n) is 1.19. The smallest absolute Gasteiger partial charge is 0.242 e. The molecule has 2 N–H and O–H groups in total. The van der Waals surface area contributed by atoms with Crippen LogP contribution < -0.4 is 5.73 Å². The number of nitrogens with zero attached hydrogens (tertiary/aromatic N) is 1. The Morgan fingerprint density at radius 2 is 2.12 bits per heavy atom. The number of ether oxygens (including phenoxy) is 1. The molecule has 0 heterocycles. The minimum absolute atomic E-state index is 0.200. The summed E-state index contributed by atoms with van der Waals surface area (Å²) in [4.78, 5) is 0.200. The number of nitrogen functional groups attached to an aromatic ring is 1. The zero-order valence-corrected chi connectivity index (χ0v) is 10.2. The van der Waals surface area contributed by atoms with Gasteiger partial charge in [0.1, 0.15) is 0 Å². The van der Waals surface area contributed by atoms with Gasteiger partial charge in [-0.2, -0.15) is 4.31 Å². The highest BCUT2D eigenvalue weighted by atomic mass is 32.2. The molecule has 0 saturated heterocycles. The predicted molar refractivity (Wildman–Crippen MR) is 62.5 cm³/mol. The van der Waals surface area contributed by atoms with Crippen LogP contribution in [0.5, 0.6) is 0 Å². The van der Waals surface area contributed by atoms with Gasteiger partial charge in [-0.15, -0.1) is 0 Å². The summed E-state index contributed by atoms with van der Waals surface area (Å²) in [6.07, 6.45) is 0. The molecule has 0 unspecified atom stereocenters. The topological polar surface area (TPSA) is 72.6 Å². The van der Waals surface area contributed by atoms with Crippen LogP contribution in [0.3, 0.4) is 0 Å². The highest BCUT2D eigenvalue weighted by molar-refractivity contribution is 7.89. The third-order valence-corrected chi connectivity index (χ3v) is 4.03. The monoisotopic (exact) mass is 244 g/mol. The van der Waals surface area contributed by atoms with Gasteiger partial charge in [-0.05, 0) is 18.2 Å². The Bertz CT molecular complexity index is 445. The summed E-state index contributed by atoms with van der Waals surface area (Å²) in [5, 5.41) is 0. The molecule has 6 heteroatoms. The molecule has 0 aliphatic rings. The van der Waals surface area contributed by atoms with Crippen LogP contribution in [0.25, 0.3) is 0 Å². The minimum atomic E-state index is -3.46. The molecule has 1 aromatic carbocycles. The third kappa shape index (κ3) is 2.94. The summed E-state index contributed by atoms with van der Waals surface area (Å²) in [6.45, 7) is 0.672. The molecule has 90 valence electrons. The Kier molecular flexibility index (Phi) is 4.28. The maximum absolute atomic E-state index is 12.0. The lowest BCUT2D eigenvalue weighted by Gasteiger charge is -2.16. The van der Waals surface area contributed by atoms with Gasteiger partial charge in [0.25, 0.3) is 0 Å². The number of sulfonamides is 1. The SMILES string of the molecule is COCCN(C)S(=O)(=O)c1cccc(N)c1. The van der Waals surface area contributed by atoms with E-state index in [1.165, 1.54) is 30.6 Å². The summed E-state index contributed by atoms with van der Waals surface area (Å²) in [5.74, 6) is 0. The average Bonchev–Trinajstić information content (AvgIpc) is 2.25. The summed E-state index contributed by atoms with van der Waals surface area (Å²) in [5.41, 5.74) is 5.98. The van der Waals surface area contributed by atoms with Crippen molar-refractivity contribution in [1.29, 1.82) is 0 Å². The van der Waals surface area contributed by atoms with Gasteiger partial charge in [-0.25, -0.2) is 8.42 Å². The zero-order chi connectivity index (χ0) is 12.2. The van der Waals surface area contributed by atoms with Crippen molar-refractivity contribution in [2.45, 2.75) is 4.90 Å². The van der Waals surface area contributed by atoms with Gasteiger partial charge < -0.3 is 10.5 Å². The molecule has 0 atom stereocenters. The standard InChI is InChI=1S/C10H16N2O3S/c1-12(6-7-15-2)16(13,14)10-5-3-4-9(11)8-10/h3-5,8H,6-7,11H2,1-2H3. The Hall–Kier alpha value is -1.11. The van der Waals surface area contributed by atoms with Crippen LogP contribution in [0.4, 0.5) is 5.69 Å². The third-order valence-electron chi connectivity index (χ3n) is 2.18. The van der Waals surface area contributed by atoms with Crippen molar-refractivity contribution in [2.24, 2.45) is 0 Å². The number of hydrogen-bond donors (Lipinski definition) is 1. The van der Waals surface area contributed by atoms with Gasteiger partial charge in [0.05, 0.1) is 11.5 Å². The van der Waals surface area contributed by atoms with Gasteiger partial charge in [-0.1, -0.05) is 6.07 Å². The highest BCUT2D eigenvalue weighted by Crippen LogP contribution is 2.16. The molecule has 0 aromatic heterocycles. The van der Waals surface area contributed by atoms with Gasteiger partial charge in [0.2, 0.25) is 10.0 Å². The molecular formula is C10H16N2O3S. The number of nitrogens with two attached hydrogens (primary N) is 1. The van der Waals surface area contributed by atoms with Gasteiger partial charge in [0, 0.05) is 26.4 Å². The first-order valence-corrected chi connectivity index (χ1v) is 6.23. The molecule has 0 fully saturated rings. The second-order valence-corrected chi connectivity index (χ2v) is 5.44. The Labute approximate surface area is 95.9 Å². The van der Waals surface area contributed by atoms with Crippen LogP contribution in [-0.2, 0) is 14.8 Å². The van der Waals surface area contributed by atoms with Crippen LogP contribution in [0.1, 0.15) is 0 Å². The number of hydrogen-bond acceptors (Lipinski definition) is 4. The van der Waals surface area contributed by atoms with Crippen molar-refractivity contribution in [2.75, 3.05) is 33.0 Å². The van der Waals surface area contributed by atoms with E-state index in [2.05, 4.69) is 0 Å². The lowest BCUT2D eigenvalue weighted by atomic mass is 10.3. The number of rotatable bonds is 5. The number of anilines is 1. The first-order valence-electron chi connectivity index (χ1n) is 4.79. The lowest BCUT2D eigenvalue weighted by molar-refractivity contribution is 0.185. The van der Waals surface area contributed by atoms with Crippen molar-refractivity contribution in [3.63, 3.8) is 0 Å². The van der Waals surface area contributed by atoms with Crippen LogP contribution in [0.2, 0.25) is 0 Å². The number of methoxy groups -OCH3 is 1. The minimum Gasteiger partial charge on any atom is -0.399 e. The lowest BCUT2D eigenvalue weighted by Crippen LogP contribution is -2.30. The average molecular weight is 244 g/mol. The van der Waals surface area contributed by atoms with E-state index in [1.54, 1.807) is 12.1 Å². The van der Waals surface area contributed by atoms with Crippen molar-refractivity contribution in [3.8, 4) is 0 Å². The Balaban J connectivity index is 2.93. The maximum atomic E-state index is 12.0. The highest BCUT2D eigenvalue weighted by Gasteiger charge is 2.20. The quantitative estimate of drug-likeness (QED) is 0.767. The summed E-state index contributed by atoms with van der Waals surface area (Å²) in [6, 6.07) is 6.23. The van der Waals surface area contributed by atoms with Gasteiger partial charge in [0.15, 0.2) is 0 Å². The Morgan fingerprint density at radius 1 is 1.44 bits per heavy atom. The summed E-state index contributed by atoms with van der Waals surface area (Å²) < 4.78 is 30.1. The second kappa shape index (κ2) is 5.29. The molecule has 1 rings (SSSR count).